The normalized spacial score (nSPS) is 9.67. The predicted octanol–water partition coefficient (Wildman–Crippen LogP) is 2.48. The van der Waals surface area contributed by atoms with Crippen molar-refractivity contribution in [3.05, 3.63) is 42.4 Å². The second-order valence-corrected chi connectivity index (χ2v) is 3.01. The Labute approximate surface area is 94.9 Å². The molecule has 0 aliphatic heterocycles. The highest BCUT2D eigenvalue weighted by Gasteiger charge is 2.03. The Balaban J connectivity index is 0.00000112. The zero-order valence-corrected chi connectivity index (χ0v) is 9.25. The summed E-state index contributed by atoms with van der Waals surface area (Å²) in [5, 5.41) is 2.99. The van der Waals surface area contributed by atoms with Crippen molar-refractivity contribution in [3.63, 3.8) is 0 Å². The lowest BCUT2D eigenvalue weighted by Crippen LogP contribution is -2.04. The minimum absolute atomic E-state index is 0. The van der Waals surface area contributed by atoms with Gasteiger partial charge in [0.2, 0.25) is 5.89 Å². The summed E-state index contributed by atoms with van der Waals surface area (Å²) in [4.78, 5) is 4.15. The minimum atomic E-state index is 0. The number of rotatable bonds is 3. The third-order valence-electron chi connectivity index (χ3n) is 1.94. The van der Waals surface area contributed by atoms with E-state index in [1.165, 1.54) is 0 Å². The van der Waals surface area contributed by atoms with Crippen molar-refractivity contribution in [2.24, 2.45) is 0 Å². The van der Waals surface area contributed by atoms with Gasteiger partial charge in [-0.15, -0.1) is 12.4 Å². The summed E-state index contributed by atoms with van der Waals surface area (Å²) in [7, 11) is 1.87. The van der Waals surface area contributed by atoms with E-state index in [2.05, 4.69) is 10.3 Å². The first kappa shape index (κ1) is 11.8. The lowest BCUT2D eigenvalue weighted by molar-refractivity contribution is 0.491. The highest BCUT2D eigenvalue weighted by molar-refractivity contribution is 5.85. The second kappa shape index (κ2) is 5.53. The van der Waals surface area contributed by atoms with Crippen LogP contribution in [0.2, 0.25) is 0 Å². The molecule has 0 bridgehead atoms. The van der Waals surface area contributed by atoms with E-state index in [0.717, 1.165) is 11.3 Å². The van der Waals surface area contributed by atoms with E-state index >= 15 is 0 Å². The van der Waals surface area contributed by atoms with Crippen molar-refractivity contribution in [1.29, 1.82) is 0 Å². The van der Waals surface area contributed by atoms with Gasteiger partial charge in [0.15, 0.2) is 5.76 Å². The van der Waals surface area contributed by atoms with Gasteiger partial charge in [-0.1, -0.05) is 30.3 Å². The van der Waals surface area contributed by atoms with Gasteiger partial charge in [-0.3, -0.25) is 0 Å². The predicted molar refractivity (Wildman–Crippen MR) is 62.0 cm³/mol. The molecule has 1 aromatic carbocycles. The van der Waals surface area contributed by atoms with Crippen LogP contribution in [0.25, 0.3) is 11.3 Å². The Morgan fingerprint density at radius 1 is 1.27 bits per heavy atom. The third-order valence-corrected chi connectivity index (χ3v) is 1.94. The molecule has 4 heteroatoms. The van der Waals surface area contributed by atoms with Gasteiger partial charge in [-0.05, 0) is 7.05 Å². The molecule has 1 N–H and O–H groups in total. The maximum atomic E-state index is 5.54. The van der Waals surface area contributed by atoms with E-state index < -0.39 is 0 Å². The molecular weight excluding hydrogens is 212 g/mol. The summed E-state index contributed by atoms with van der Waals surface area (Å²) in [5.41, 5.74) is 1.06. The maximum absolute atomic E-state index is 5.54. The van der Waals surface area contributed by atoms with Gasteiger partial charge in [-0.2, -0.15) is 0 Å². The fourth-order valence-corrected chi connectivity index (χ4v) is 1.28. The van der Waals surface area contributed by atoms with E-state index in [9.17, 15) is 0 Å². The van der Waals surface area contributed by atoms with Crippen molar-refractivity contribution in [2.45, 2.75) is 6.54 Å². The summed E-state index contributed by atoms with van der Waals surface area (Å²) in [6, 6.07) is 9.95. The molecule has 0 fully saturated rings. The van der Waals surface area contributed by atoms with Gasteiger partial charge in [-0.25, -0.2) is 4.98 Å². The van der Waals surface area contributed by atoms with Crippen LogP contribution in [0.5, 0.6) is 0 Å². The molecule has 1 heterocycles. The quantitative estimate of drug-likeness (QED) is 0.871. The molecule has 0 atom stereocenters. The van der Waals surface area contributed by atoms with E-state index in [0.29, 0.717) is 12.4 Å². The van der Waals surface area contributed by atoms with Crippen LogP contribution in [-0.2, 0) is 6.54 Å². The van der Waals surface area contributed by atoms with Crippen LogP contribution in [0.15, 0.2) is 40.9 Å². The molecule has 0 saturated carbocycles. The number of hydrogen-bond donors (Lipinski definition) is 1. The van der Waals surface area contributed by atoms with Crippen LogP contribution in [0.1, 0.15) is 5.89 Å². The largest absolute Gasteiger partial charge is 0.439 e. The molecule has 0 amide bonds. The molecule has 15 heavy (non-hydrogen) atoms. The fourth-order valence-electron chi connectivity index (χ4n) is 1.28. The van der Waals surface area contributed by atoms with E-state index in [4.69, 9.17) is 4.42 Å². The molecule has 2 aromatic rings. The second-order valence-electron chi connectivity index (χ2n) is 3.01. The first-order valence-electron chi connectivity index (χ1n) is 4.55. The average molecular weight is 225 g/mol. The standard InChI is InChI=1S/C11H12N2O.ClH/c1-12-8-11-13-7-10(14-11)9-5-3-2-4-6-9;/h2-7,12H,8H2,1H3;1H. The maximum Gasteiger partial charge on any atom is 0.208 e. The highest BCUT2D eigenvalue weighted by atomic mass is 35.5. The van der Waals surface area contributed by atoms with Crippen molar-refractivity contribution in [2.75, 3.05) is 7.05 Å². The summed E-state index contributed by atoms with van der Waals surface area (Å²) >= 11 is 0. The first-order chi connectivity index (χ1) is 6.90. The third kappa shape index (κ3) is 2.81. The number of benzene rings is 1. The SMILES string of the molecule is CNCc1ncc(-c2ccccc2)o1.Cl. The summed E-state index contributed by atoms with van der Waals surface area (Å²) in [6.07, 6.45) is 1.75. The van der Waals surface area contributed by atoms with Crippen LogP contribution in [0, 0.1) is 0 Å². The monoisotopic (exact) mass is 224 g/mol. The molecule has 0 radical (unpaired) electrons. The Kier molecular flexibility index (Phi) is 4.34. The van der Waals surface area contributed by atoms with Gasteiger partial charge < -0.3 is 9.73 Å². The number of halogens is 1. The Hall–Kier alpha value is -1.32. The zero-order chi connectivity index (χ0) is 9.80. The number of nitrogens with zero attached hydrogens (tertiary/aromatic N) is 1. The molecular formula is C11H13ClN2O. The van der Waals surface area contributed by atoms with Crippen molar-refractivity contribution in [3.8, 4) is 11.3 Å². The molecule has 1 aromatic heterocycles. The summed E-state index contributed by atoms with van der Waals surface area (Å²) < 4.78 is 5.54. The molecule has 2 rings (SSSR count). The van der Waals surface area contributed by atoms with Crippen LogP contribution in [0.4, 0.5) is 0 Å². The summed E-state index contributed by atoms with van der Waals surface area (Å²) in [5.74, 6) is 1.53. The lowest BCUT2D eigenvalue weighted by Gasteiger charge is -1.94. The van der Waals surface area contributed by atoms with Crippen LogP contribution < -0.4 is 5.32 Å². The Bertz CT molecular complexity index is 400. The van der Waals surface area contributed by atoms with Crippen molar-refractivity contribution >= 4 is 12.4 Å². The van der Waals surface area contributed by atoms with Crippen molar-refractivity contribution < 1.29 is 4.42 Å². The molecule has 0 aliphatic carbocycles. The number of hydrogen-bond acceptors (Lipinski definition) is 3. The minimum Gasteiger partial charge on any atom is -0.439 e. The van der Waals surface area contributed by atoms with Gasteiger partial charge in [0.25, 0.3) is 0 Å². The molecule has 0 saturated heterocycles. The number of aromatic nitrogens is 1. The van der Waals surface area contributed by atoms with Gasteiger partial charge in [0.05, 0.1) is 12.7 Å². The highest BCUT2D eigenvalue weighted by Crippen LogP contribution is 2.19. The van der Waals surface area contributed by atoms with Crippen LogP contribution in [-0.4, -0.2) is 12.0 Å². The van der Waals surface area contributed by atoms with Crippen LogP contribution in [0.3, 0.4) is 0 Å². The molecule has 0 aliphatic rings. The van der Waals surface area contributed by atoms with E-state index in [1.807, 2.05) is 37.4 Å². The van der Waals surface area contributed by atoms with Crippen LogP contribution >= 0.6 is 12.4 Å². The topological polar surface area (TPSA) is 38.1 Å². The first-order valence-corrected chi connectivity index (χ1v) is 4.55. The number of oxazole rings is 1. The molecule has 0 spiro atoms. The molecule has 80 valence electrons. The van der Waals surface area contributed by atoms with E-state index in [-0.39, 0.29) is 12.4 Å². The Morgan fingerprint density at radius 3 is 2.67 bits per heavy atom. The summed E-state index contributed by atoms with van der Waals surface area (Å²) in [6.45, 7) is 0.660. The van der Waals surface area contributed by atoms with Crippen molar-refractivity contribution in [1.82, 2.24) is 10.3 Å². The van der Waals surface area contributed by atoms with E-state index in [1.54, 1.807) is 6.20 Å². The van der Waals surface area contributed by atoms with Gasteiger partial charge in [0.1, 0.15) is 0 Å². The lowest BCUT2D eigenvalue weighted by atomic mass is 10.2. The average Bonchev–Trinajstić information content (AvgIpc) is 2.68. The fraction of sp³-hybridized carbons (Fsp3) is 0.182. The van der Waals surface area contributed by atoms with Gasteiger partial charge in [0, 0.05) is 5.56 Å². The molecule has 0 unspecified atom stereocenters. The smallest absolute Gasteiger partial charge is 0.208 e. The number of nitrogens with one attached hydrogen (secondary N) is 1. The zero-order valence-electron chi connectivity index (χ0n) is 8.43. The van der Waals surface area contributed by atoms with Gasteiger partial charge >= 0.3 is 0 Å². The Morgan fingerprint density at radius 2 is 2.00 bits per heavy atom. The molecule has 3 nitrogen and oxygen atoms in total.